The first-order chi connectivity index (χ1) is 10.1. The van der Waals surface area contributed by atoms with E-state index in [2.05, 4.69) is 18.5 Å². The summed E-state index contributed by atoms with van der Waals surface area (Å²) in [6.45, 7) is 7.19. The van der Waals surface area contributed by atoms with Crippen molar-refractivity contribution in [2.45, 2.75) is 12.5 Å². The van der Waals surface area contributed by atoms with Crippen molar-refractivity contribution in [1.82, 2.24) is 5.32 Å². The van der Waals surface area contributed by atoms with E-state index in [9.17, 15) is 9.59 Å². The molecular formula is C16H16FmNO4-. The Hall–Kier alpha value is -3.82. The number of carbonyl (C=O) groups is 1. The summed E-state index contributed by atoms with van der Waals surface area (Å²) in [5.74, 6) is 0.0356. The van der Waals surface area contributed by atoms with Gasteiger partial charge in [0.05, 0.1) is 0 Å². The van der Waals surface area contributed by atoms with E-state index < -0.39 is 12.0 Å². The minimum Gasteiger partial charge on any atom is -0.520 e. The number of carboxylic acids is 1. The third kappa shape index (κ3) is 5.44. The van der Waals surface area contributed by atoms with Crippen LogP contribution in [0.1, 0.15) is 5.56 Å². The first-order valence-corrected chi connectivity index (χ1v) is 6.18. The van der Waals surface area contributed by atoms with Crippen molar-refractivity contribution in [3.63, 3.8) is 0 Å². The maximum Gasteiger partial charge on any atom is 0.323 e. The summed E-state index contributed by atoms with van der Waals surface area (Å²) in [4.78, 5) is 21.2. The van der Waals surface area contributed by atoms with Crippen LogP contribution < -0.4 is 10.1 Å². The number of hydrogen-bond donors (Lipinski definition) is 2. The van der Waals surface area contributed by atoms with Gasteiger partial charge >= 0.3 is 5.97 Å². The Kier molecular flexibility index (Phi) is 7.55. The van der Waals surface area contributed by atoms with Gasteiger partial charge in [-0.1, -0.05) is 31.4 Å². The average molecular weight is 543 g/mol. The molecule has 0 fully saturated rings. The SMILES string of the molecule is C=C/C=C(\C=C)Oc1ccc(C[C@H](N[C-]=O)C(=O)O)cc1.[Fm]. The molecule has 0 spiro atoms. The minimum atomic E-state index is -1.11. The third-order valence-electron chi connectivity index (χ3n) is 2.61. The maximum absolute atomic E-state index is 10.9. The van der Waals surface area contributed by atoms with Crippen LogP contribution in [0.2, 0.25) is 0 Å². The van der Waals surface area contributed by atoms with Crippen LogP contribution in [0, 0.1) is 0 Å². The predicted octanol–water partition coefficient (Wildman–Crippen LogP) is 1.97. The number of nitrogens with one attached hydrogen (secondary N) is 1. The topological polar surface area (TPSA) is 75.6 Å². The molecule has 122 valence electrons. The summed E-state index contributed by atoms with van der Waals surface area (Å²) in [7, 11) is 0. The van der Waals surface area contributed by atoms with Crippen LogP contribution in [-0.4, -0.2) is 23.5 Å². The number of aliphatic carboxylic acids is 1. The molecule has 1 aromatic rings. The van der Waals surface area contributed by atoms with Crippen molar-refractivity contribution < 1.29 is 19.4 Å². The van der Waals surface area contributed by atoms with Gasteiger partial charge in [0, 0.05) is 6.42 Å². The van der Waals surface area contributed by atoms with Gasteiger partial charge in [0.1, 0.15) is 17.6 Å². The standard InChI is InChI=1S/C16H16NO4.Fm/c1-3-5-13(4-2)21-14-8-6-12(7-9-14)10-15(16(19)20)17-11-18;/h3-9,15H,1-2,10H2,(H,17,18)(H,19,20);/q-1;/b13-5+;/t15-;/m0./s1. The van der Waals surface area contributed by atoms with Crippen LogP contribution in [0.25, 0.3) is 0 Å². The number of ether oxygens (including phenoxy) is 1. The van der Waals surface area contributed by atoms with Crippen molar-refractivity contribution in [2.75, 3.05) is 0 Å². The smallest absolute Gasteiger partial charge is 0.323 e. The maximum atomic E-state index is 10.9. The second-order valence-corrected chi connectivity index (χ2v) is 4.10. The van der Waals surface area contributed by atoms with E-state index in [-0.39, 0.29) is 6.42 Å². The molecule has 0 radical (unpaired) electrons. The molecule has 0 bridgehead atoms. The van der Waals surface area contributed by atoms with E-state index in [1.54, 1.807) is 42.5 Å². The zero-order valence-corrected chi connectivity index (χ0v) is 14.1. The van der Waals surface area contributed by atoms with Crippen molar-refractivity contribution in [3.8, 4) is 5.75 Å². The Morgan fingerprint density at radius 3 is 2.45 bits per heavy atom. The van der Waals surface area contributed by atoms with Gasteiger partial charge in [-0.15, -0.1) is 0 Å². The second-order valence-electron chi connectivity index (χ2n) is 4.10. The fraction of sp³-hybridized carbons (Fsp3) is 0.125. The van der Waals surface area contributed by atoms with Crippen LogP contribution in [0.15, 0.2) is 61.4 Å². The van der Waals surface area contributed by atoms with Gasteiger partial charge in [0.2, 0.25) is 0 Å². The van der Waals surface area contributed by atoms with E-state index in [1.165, 1.54) is 6.41 Å². The number of carboxylic acid groups (broad SMARTS) is 1. The quantitative estimate of drug-likeness (QED) is 0.216. The molecule has 0 heterocycles. The summed E-state index contributed by atoms with van der Waals surface area (Å²) in [5.41, 5.74) is 0.755. The number of amides is 1. The van der Waals surface area contributed by atoms with Crippen molar-refractivity contribution in [3.05, 3.63) is 67.0 Å². The number of allylic oxidation sites excluding steroid dienone is 3. The molecule has 0 aliphatic heterocycles. The fourth-order valence-corrected chi connectivity index (χ4v) is 1.60. The van der Waals surface area contributed by atoms with Gasteiger partial charge in [0.25, 0.3) is 0 Å². The van der Waals surface area contributed by atoms with Crippen LogP contribution >= 0.6 is 0 Å². The van der Waals surface area contributed by atoms with Crippen LogP contribution in [-0.2, 0) is 16.0 Å². The molecule has 2 N–H and O–H groups in total. The minimum absolute atomic E-state index is 0. The van der Waals surface area contributed by atoms with Gasteiger partial charge in [-0.3, -0.25) is 4.79 Å². The van der Waals surface area contributed by atoms with E-state index in [4.69, 9.17) is 9.84 Å². The summed E-state index contributed by atoms with van der Waals surface area (Å²) >= 11 is 0. The molecule has 0 aromatic heterocycles. The molecule has 22 heavy (non-hydrogen) atoms. The number of rotatable bonds is 9. The predicted molar refractivity (Wildman–Crippen MR) is 79.5 cm³/mol. The van der Waals surface area contributed by atoms with E-state index >= 15 is 0 Å². The molecule has 0 aliphatic rings. The molecule has 0 aliphatic carbocycles. The Morgan fingerprint density at radius 1 is 1.36 bits per heavy atom. The molecular weight excluding hydrogens is 527 g/mol. The number of benzene rings is 1. The molecule has 0 saturated heterocycles. The summed E-state index contributed by atoms with van der Waals surface area (Å²) in [5, 5.41) is 11.1. The van der Waals surface area contributed by atoms with Crippen molar-refractivity contribution in [1.29, 1.82) is 0 Å². The molecule has 1 amide bonds. The monoisotopic (exact) mass is 543 g/mol. The Labute approximate surface area is 123 Å². The molecule has 0 saturated carbocycles. The van der Waals surface area contributed by atoms with Gasteiger partial charge in [-0.2, -0.15) is 6.41 Å². The first-order valence-electron chi connectivity index (χ1n) is 6.18. The van der Waals surface area contributed by atoms with Crippen LogP contribution in [0.4, 0.5) is 0 Å². The number of carbonyl (C=O) groups excluding carboxylic acids is 1. The molecule has 1 aromatic carbocycles. The normalized spacial score (nSPS) is 11.5. The Morgan fingerprint density at radius 2 is 2.00 bits per heavy atom. The van der Waals surface area contributed by atoms with Gasteiger partial charge in [-0.25, -0.2) is 0 Å². The van der Waals surface area contributed by atoms with Gasteiger partial charge in [-0.05, 0) is 29.8 Å². The molecule has 5 nitrogen and oxygen atoms in total. The van der Waals surface area contributed by atoms with E-state index in [0.29, 0.717) is 11.5 Å². The molecule has 6 heteroatoms. The van der Waals surface area contributed by atoms with E-state index in [1.807, 2.05) is 0 Å². The van der Waals surface area contributed by atoms with Gasteiger partial charge < -0.3 is 20.0 Å². The Balaban J connectivity index is 0.00000441. The molecule has 1 atom stereocenters. The van der Waals surface area contributed by atoms with Gasteiger partial charge in [0.15, 0.2) is 0 Å². The van der Waals surface area contributed by atoms with Crippen LogP contribution in [0.3, 0.4) is 0 Å². The van der Waals surface area contributed by atoms with E-state index in [0.717, 1.165) is 5.56 Å². The molecule has 1 rings (SSSR count). The first kappa shape index (κ1) is 18.2. The van der Waals surface area contributed by atoms with Crippen molar-refractivity contribution >= 4 is 12.4 Å². The Bertz CT molecular complexity index is 552. The zero-order chi connectivity index (χ0) is 15.7. The van der Waals surface area contributed by atoms with Crippen molar-refractivity contribution in [2.24, 2.45) is 0 Å². The molecule has 0 unspecified atom stereocenters. The summed E-state index contributed by atoms with van der Waals surface area (Å²) < 4.78 is 5.54. The fourth-order valence-electron chi connectivity index (χ4n) is 1.60. The third-order valence-corrected chi connectivity index (χ3v) is 2.61. The second kappa shape index (κ2) is 9.14. The van der Waals surface area contributed by atoms with Crippen LogP contribution in [0.5, 0.6) is 5.75 Å². The summed E-state index contributed by atoms with van der Waals surface area (Å²) in [6, 6.07) is 5.87. The summed E-state index contributed by atoms with van der Waals surface area (Å²) in [6.07, 6.45) is 6.38. The zero-order valence-electron chi connectivity index (χ0n) is 11.7. The number of hydrogen-bond acceptors (Lipinski definition) is 3. The average Bonchev–Trinajstić information content (AvgIpc) is 2.48. The largest absolute Gasteiger partial charge is 0.520 e.